The maximum Gasteiger partial charge on any atom is 0.121 e. The Morgan fingerprint density at radius 2 is 2.18 bits per heavy atom. The highest BCUT2D eigenvalue weighted by atomic mass is 127. The number of rotatable bonds is 1. The first-order valence-electron chi connectivity index (χ1n) is 2.93. The van der Waals surface area contributed by atoms with Gasteiger partial charge in [0.2, 0.25) is 0 Å². The van der Waals surface area contributed by atoms with Gasteiger partial charge in [0.15, 0.2) is 0 Å². The predicted octanol–water partition coefficient (Wildman–Crippen LogP) is 2.64. The highest BCUT2D eigenvalue weighted by Crippen LogP contribution is 2.29. The molecule has 1 aromatic rings. The molecule has 0 aliphatic heterocycles. The quantitative estimate of drug-likeness (QED) is 0.635. The number of methoxy groups -OCH3 is 1. The van der Waals surface area contributed by atoms with Crippen LogP contribution < -0.4 is 10.5 Å². The first-order chi connectivity index (χ1) is 5.15. The van der Waals surface area contributed by atoms with Gasteiger partial charge in [-0.3, -0.25) is 0 Å². The van der Waals surface area contributed by atoms with E-state index in [9.17, 15) is 0 Å². The molecule has 4 heteroatoms. The third-order valence-corrected chi connectivity index (χ3v) is 2.84. The van der Waals surface area contributed by atoms with Crippen molar-refractivity contribution in [1.29, 1.82) is 0 Å². The topological polar surface area (TPSA) is 35.2 Å². The second-order valence-corrected chi connectivity index (χ2v) is 4.02. The fourth-order valence-corrected chi connectivity index (χ4v) is 2.09. The van der Waals surface area contributed by atoms with Crippen LogP contribution in [0, 0.1) is 3.57 Å². The van der Waals surface area contributed by atoms with Crippen molar-refractivity contribution < 1.29 is 4.74 Å². The van der Waals surface area contributed by atoms with Crippen LogP contribution in [0.2, 0.25) is 0 Å². The maximum atomic E-state index is 5.70. The fraction of sp³-hybridized carbons (Fsp3) is 0.143. The summed E-state index contributed by atoms with van der Waals surface area (Å²) in [6.07, 6.45) is 0. The van der Waals surface area contributed by atoms with Gasteiger partial charge in [0.1, 0.15) is 5.75 Å². The van der Waals surface area contributed by atoms with Crippen molar-refractivity contribution in [3.05, 3.63) is 20.2 Å². The Hall–Kier alpha value is 0.0300. The fourth-order valence-electron chi connectivity index (χ4n) is 0.679. The average molecular weight is 328 g/mol. The molecule has 0 radical (unpaired) electrons. The molecule has 60 valence electrons. The number of hydrogen-bond acceptors (Lipinski definition) is 2. The third kappa shape index (κ3) is 1.99. The smallest absolute Gasteiger partial charge is 0.121 e. The summed E-state index contributed by atoms with van der Waals surface area (Å²) in [6.45, 7) is 0. The minimum Gasteiger partial charge on any atom is -0.497 e. The lowest BCUT2D eigenvalue weighted by Crippen LogP contribution is -1.92. The summed E-state index contributed by atoms with van der Waals surface area (Å²) in [5.74, 6) is 0.815. The van der Waals surface area contributed by atoms with Crippen molar-refractivity contribution in [3.8, 4) is 5.75 Å². The summed E-state index contributed by atoms with van der Waals surface area (Å²) in [5.41, 5.74) is 6.45. The molecule has 0 aliphatic rings. The lowest BCUT2D eigenvalue weighted by atomic mass is 10.3. The van der Waals surface area contributed by atoms with Gasteiger partial charge in [0, 0.05) is 8.04 Å². The number of nitrogens with two attached hydrogens (primary N) is 1. The van der Waals surface area contributed by atoms with Crippen LogP contribution in [0.5, 0.6) is 5.75 Å². The van der Waals surface area contributed by atoms with Crippen LogP contribution in [0.25, 0.3) is 0 Å². The van der Waals surface area contributed by atoms with Crippen LogP contribution in [0.1, 0.15) is 0 Å². The van der Waals surface area contributed by atoms with Crippen molar-refractivity contribution >= 4 is 44.2 Å². The van der Waals surface area contributed by atoms with Crippen molar-refractivity contribution in [2.75, 3.05) is 12.8 Å². The number of anilines is 1. The van der Waals surface area contributed by atoms with Gasteiger partial charge in [-0.25, -0.2) is 0 Å². The summed E-state index contributed by atoms with van der Waals surface area (Å²) >= 11 is 5.49. The van der Waals surface area contributed by atoms with E-state index in [2.05, 4.69) is 38.5 Å². The molecule has 1 aromatic carbocycles. The average Bonchev–Trinajstić information content (AvgIpc) is 1.99. The second-order valence-electron chi connectivity index (χ2n) is 2.00. The summed E-state index contributed by atoms with van der Waals surface area (Å²) in [6, 6.07) is 3.73. The number of nitrogen functional groups attached to an aromatic ring is 1. The largest absolute Gasteiger partial charge is 0.497 e. The molecule has 0 atom stereocenters. The number of halogens is 2. The highest BCUT2D eigenvalue weighted by molar-refractivity contribution is 14.1. The van der Waals surface area contributed by atoms with Crippen LogP contribution in [0.3, 0.4) is 0 Å². The van der Waals surface area contributed by atoms with E-state index in [1.165, 1.54) is 0 Å². The Labute approximate surface area is 87.4 Å². The van der Waals surface area contributed by atoms with Gasteiger partial charge in [0.25, 0.3) is 0 Å². The van der Waals surface area contributed by atoms with E-state index >= 15 is 0 Å². The van der Waals surface area contributed by atoms with E-state index in [0.29, 0.717) is 0 Å². The molecule has 2 nitrogen and oxygen atoms in total. The second kappa shape index (κ2) is 3.62. The first kappa shape index (κ1) is 9.12. The summed E-state index contributed by atoms with van der Waals surface area (Å²) in [4.78, 5) is 0. The molecule has 0 fully saturated rings. The molecular formula is C7H7BrINO. The van der Waals surface area contributed by atoms with Crippen molar-refractivity contribution in [3.63, 3.8) is 0 Å². The molecule has 0 heterocycles. The molecule has 0 aliphatic carbocycles. The van der Waals surface area contributed by atoms with Gasteiger partial charge in [0.05, 0.1) is 12.8 Å². The van der Waals surface area contributed by atoms with E-state index in [0.717, 1.165) is 19.5 Å². The standard InChI is InChI=1S/C7H7BrINO/c1-11-4-2-5(8)7(10)6(9)3-4/h2-3H,10H2,1H3. The highest BCUT2D eigenvalue weighted by Gasteiger charge is 2.02. The first-order valence-corrected chi connectivity index (χ1v) is 4.81. The van der Waals surface area contributed by atoms with Gasteiger partial charge in [-0.1, -0.05) is 0 Å². The Bertz CT molecular complexity index is 254. The molecule has 1 rings (SSSR count). The lowest BCUT2D eigenvalue weighted by Gasteiger charge is -2.04. The zero-order valence-electron chi connectivity index (χ0n) is 5.90. The van der Waals surface area contributed by atoms with Gasteiger partial charge in [-0.2, -0.15) is 0 Å². The van der Waals surface area contributed by atoms with E-state index in [-0.39, 0.29) is 0 Å². The third-order valence-electron chi connectivity index (χ3n) is 1.29. The summed E-state index contributed by atoms with van der Waals surface area (Å²) < 4.78 is 6.91. The molecule has 11 heavy (non-hydrogen) atoms. The van der Waals surface area contributed by atoms with Gasteiger partial charge < -0.3 is 10.5 Å². The molecule has 0 saturated heterocycles. The molecule has 2 N–H and O–H groups in total. The van der Waals surface area contributed by atoms with Crippen LogP contribution in [0.15, 0.2) is 16.6 Å². The van der Waals surface area contributed by atoms with Crippen LogP contribution in [0.4, 0.5) is 5.69 Å². The molecule has 0 saturated carbocycles. The zero-order valence-corrected chi connectivity index (χ0v) is 9.64. The van der Waals surface area contributed by atoms with Crippen LogP contribution >= 0.6 is 38.5 Å². The summed E-state index contributed by atoms with van der Waals surface area (Å²) in [7, 11) is 1.63. The van der Waals surface area contributed by atoms with Gasteiger partial charge >= 0.3 is 0 Å². The normalized spacial score (nSPS) is 9.73. The van der Waals surface area contributed by atoms with Gasteiger partial charge in [-0.05, 0) is 50.7 Å². The van der Waals surface area contributed by atoms with Crippen molar-refractivity contribution in [2.45, 2.75) is 0 Å². The van der Waals surface area contributed by atoms with E-state index in [1.807, 2.05) is 12.1 Å². The molecule has 0 aromatic heterocycles. The Kier molecular flexibility index (Phi) is 3.00. The SMILES string of the molecule is COc1cc(Br)c(N)c(I)c1. The van der Waals surface area contributed by atoms with Crippen LogP contribution in [-0.4, -0.2) is 7.11 Å². The molecular weight excluding hydrogens is 321 g/mol. The predicted molar refractivity (Wildman–Crippen MR) is 57.8 cm³/mol. The Morgan fingerprint density at radius 3 is 2.64 bits per heavy atom. The monoisotopic (exact) mass is 327 g/mol. The molecule has 0 bridgehead atoms. The van der Waals surface area contributed by atoms with Gasteiger partial charge in [-0.15, -0.1) is 0 Å². The minimum atomic E-state index is 0.756. The Morgan fingerprint density at radius 1 is 1.55 bits per heavy atom. The van der Waals surface area contributed by atoms with E-state index in [4.69, 9.17) is 10.5 Å². The molecule has 0 spiro atoms. The van der Waals surface area contributed by atoms with E-state index < -0.39 is 0 Å². The number of ether oxygens (including phenoxy) is 1. The number of hydrogen-bond donors (Lipinski definition) is 1. The molecule has 0 amide bonds. The Balaban J connectivity index is 3.21. The summed E-state index contributed by atoms with van der Waals surface area (Å²) in [5, 5.41) is 0. The van der Waals surface area contributed by atoms with Crippen molar-refractivity contribution in [2.24, 2.45) is 0 Å². The van der Waals surface area contributed by atoms with E-state index in [1.54, 1.807) is 7.11 Å². The lowest BCUT2D eigenvalue weighted by molar-refractivity contribution is 0.414. The van der Waals surface area contributed by atoms with Crippen molar-refractivity contribution in [1.82, 2.24) is 0 Å². The zero-order chi connectivity index (χ0) is 8.43. The minimum absolute atomic E-state index is 0.756. The number of benzene rings is 1. The molecule has 0 unspecified atom stereocenters. The maximum absolute atomic E-state index is 5.70. The van der Waals surface area contributed by atoms with Crippen LogP contribution in [-0.2, 0) is 0 Å².